The number of nitrogens with zero attached hydrogens (tertiary/aromatic N) is 5. The van der Waals surface area contributed by atoms with Gasteiger partial charge in [0.05, 0.1) is 6.61 Å². The van der Waals surface area contributed by atoms with Gasteiger partial charge in [-0.15, -0.1) is 5.10 Å². The summed E-state index contributed by atoms with van der Waals surface area (Å²) in [4.78, 5) is 30.7. The van der Waals surface area contributed by atoms with E-state index in [0.717, 1.165) is 17.5 Å². The number of ether oxygens (including phenoxy) is 1. The molecular formula is C17H27N7O6. The topological polar surface area (TPSA) is 188 Å². The van der Waals surface area contributed by atoms with E-state index in [1.54, 1.807) is 0 Å². The molecule has 2 heterocycles. The van der Waals surface area contributed by atoms with Gasteiger partial charge in [0.25, 0.3) is 5.56 Å². The summed E-state index contributed by atoms with van der Waals surface area (Å²) in [6.45, 7) is -0.0574. The number of amides is 1. The Morgan fingerprint density at radius 3 is 2.63 bits per heavy atom. The summed E-state index contributed by atoms with van der Waals surface area (Å²) >= 11 is 0. The van der Waals surface area contributed by atoms with Crippen LogP contribution in [0.3, 0.4) is 0 Å². The third-order valence-corrected chi connectivity index (χ3v) is 4.84. The minimum absolute atomic E-state index is 0.0214. The van der Waals surface area contributed by atoms with Crippen LogP contribution in [0.5, 0.6) is 0 Å². The van der Waals surface area contributed by atoms with Gasteiger partial charge in [0.15, 0.2) is 17.8 Å². The van der Waals surface area contributed by atoms with Crippen molar-refractivity contribution in [3.63, 3.8) is 0 Å². The monoisotopic (exact) mass is 425 g/mol. The second kappa shape index (κ2) is 9.14. The number of aliphatic imine (C=N–C) groups is 1. The molecule has 13 heteroatoms. The van der Waals surface area contributed by atoms with Crippen molar-refractivity contribution in [3.8, 4) is 0 Å². The predicted octanol–water partition coefficient (Wildman–Crippen LogP) is -2.99. The molecule has 1 saturated carbocycles. The van der Waals surface area contributed by atoms with Crippen LogP contribution in [0.4, 0.5) is 5.69 Å². The maximum Gasteiger partial charge on any atom is 0.296 e. The van der Waals surface area contributed by atoms with Gasteiger partial charge in [-0.25, -0.2) is 0 Å². The first kappa shape index (κ1) is 22.2. The number of hydrogen-bond acceptors (Lipinski definition) is 10. The SMILES string of the molecule is CN(C)CCC(=O)N=C(N)c1nnn(C2OC(CO)C(O)C2O)c(=O)c1NC1CC1. The maximum absolute atomic E-state index is 13.1. The zero-order valence-corrected chi connectivity index (χ0v) is 16.8. The Kier molecular flexibility index (Phi) is 6.77. The molecule has 1 aliphatic carbocycles. The Bertz CT molecular complexity index is 869. The zero-order valence-electron chi connectivity index (χ0n) is 16.8. The van der Waals surface area contributed by atoms with Gasteiger partial charge >= 0.3 is 0 Å². The Hall–Kier alpha value is -2.45. The molecule has 0 aromatic carbocycles. The van der Waals surface area contributed by atoms with Gasteiger partial charge in [0.1, 0.15) is 24.0 Å². The predicted molar refractivity (Wildman–Crippen MR) is 105 cm³/mol. The molecule has 2 fully saturated rings. The summed E-state index contributed by atoms with van der Waals surface area (Å²) in [5.41, 5.74) is 5.13. The number of carbonyl (C=O) groups excluding carboxylic acids is 1. The van der Waals surface area contributed by atoms with Crippen LogP contribution in [0.1, 0.15) is 31.2 Å². The number of aliphatic hydroxyl groups is 3. The molecular weight excluding hydrogens is 398 g/mol. The van der Waals surface area contributed by atoms with E-state index in [9.17, 15) is 24.9 Å². The van der Waals surface area contributed by atoms with Gasteiger partial charge in [0.2, 0.25) is 5.91 Å². The molecule has 1 aliphatic heterocycles. The largest absolute Gasteiger partial charge is 0.394 e. The van der Waals surface area contributed by atoms with Crippen molar-refractivity contribution in [2.45, 2.75) is 49.8 Å². The minimum Gasteiger partial charge on any atom is -0.394 e. The van der Waals surface area contributed by atoms with E-state index in [-0.39, 0.29) is 29.7 Å². The van der Waals surface area contributed by atoms with Gasteiger partial charge in [-0.05, 0) is 26.9 Å². The fourth-order valence-corrected chi connectivity index (χ4v) is 2.95. The average Bonchev–Trinajstić information content (AvgIpc) is 3.47. The van der Waals surface area contributed by atoms with Crippen LogP contribution in [0.15, 0.2) is 9.79 Å². The minimum atomic E-state index is -1.49. The van der Waals surface area contributed by atoms with E-state index in [4.69, 9.17) is 10.5 Å². The molecule has 166 valence electrons. The van der Waals surface area contributed by atoms with Crippen LogP contribution in [-0.2, 0) is 9.53 Å². The summed E-state index contributed by atoms with van der Waals surface area (Å²) in [6, 6.07) is 0.0385. The van der Waals surface area contributed by atoms with Crippen LogP contribution in [0.25, 0.3) is 0 Å². The van der Waals surface area contributed by atoms with Crippen LogP contribution in [0.2, 0.25) is 0 Å². The van der Waals surface area contributed by atoms with E-state index in [2.05, 4.69) is 20.6 Å². The van der Waals surface area contributed by atoms with Crippen LogP contribution >= 0.6 is 0 Å². The van der Waals surface area contributed by atoms with Crippen LogP contribution in [0, 0.1) is 0 Å². The lowest BCUT2D eigenvalue weighted by Gasteiger charge is -2.18. The lowest BCUT2D eigenvalue weighted by molar-refractivity contribution is -0.118. The zero-order chi connectivity index (χ0) is 22.0. The molecule has 4 atom stereocenters. The number of aliphatic hydroxyl groups excluding tert-OH is 3. The Morgan fingerprint density at radius 2 is 2.07 bits per heavy atom. The molecule has 4 unspecified atom stereocenters. The second-order valence-electron chi connectivity index (χ2n) is 7.65. The van der Waals surface area contributed by atoms with E-state index in [1.165, 1.54) is 0 Å². The third-order valence-electron chi connectivity index (χ3n) is 4.84. The average molecular weight is 425 g/mol. The van der Waals surface area contributed by atoms with Gasteiger partial charge in [0, 0.05) is 19.0 Å². The number of amidine groups is 1. The van der Waals surface area contributed by atoms with Crippen molar-refractivity contribution < 1.29 is 24.9 Å². The van der Waals surface area contributed by atoms with E-state index in [1.807, 2.05) is 19.0 Å². The van der Waals surface area contributed by atoms with Crippen molar-refractivity contribution in [1.29, 1.82) is 0 Å². The first-order chi connectivity index (χ1) is 14.2. The van der Waals surface area contributed by atoms with Crippen molar-refractivity contribution in [1.82, 2.24) is 19.9 Å². The number of hydrogen-bond donors (Lipinski definition) is 5. The highest BCUT2D eigenvalue weighted by Gasteiger charge is 2.45. The van der Waals surface area contributed by atoms with Gasteiger partial charge in [-0.3, -0.25) is 9.59 Å². The van der Waals surface area contributed by atoms with Crippen molar-refractivity contribution in [2.75, 3.05) is 32.6 Å². The van der Waals surface area contributed by atoms with Gasteiger partial charge in [-0.1, -0.05) is 5.21 Å². The molecule has 0 radical (unpaired) electrons. The molecule has 6 N–H and O–H groups in total. The normalized spacial score (nSPS) is 26.9. The molecule has 1 aromatic rings. The van der Waals surface area contributed by atoms with Crippen LogP contribution in [-0.4, -0.2) is 98.6 Å². The Morgan fingerprint density at radius 1 is 1.37 bits per heavy atom. The highest BCUT2D eigenvalue weighted by atomic mass is 16.6. The smallest absolute Gasteiger partial charge is 0.296 e. The molecule has 2 aliphatic rings. The molecule has 13 nitrogen and oxygen atoms in total. The maximum atomic E-state index is 13.1. The molecule has 30 heavy (non-hydrogen) atoms. The summed E-state index contributed by atoms with van der Waals surface area (Å²) in [7, 11) is 3.64. The summed E-state index contributed by atoms with van der Waals surface area (Å²) in [6.07, 6.45) is -3.47. The fourth-order valence-electron chi connectivity index (χ4n) is 2.95. The summed E-state index contributed by atoms with van der Waals surface area (Å²) in [5, 5.41) is 40.1. The Labute approximate surface area is 172 Å². The summed E-state index contributed by atoms with van der Waals surface area (Å²) < 4.78 is 6.14. The van der Waals surface area contributed by atoms with Gasteiger partial charge in [-0.2, -0.15) is 9.67 Å². The van der Waals surface area contributed by atoms with Crippen molar-refractivity contribution >= 4 is 17.4 Å². The Balaban J connectivity index is 1.93. The highest BCUT2D eigenvalue weighted by Crippen LogP contribution is 2.29. The van der Waals surface area contributed by atoms with E-state index >= 15 is 0 Å². The number of anilines is 1. The standard InChI is InChI=1S/C17H27N7O6/c1-23(2)6-5-10(26)20-15(18)11-12(19-8-3-4-8)16(29)24(22-21-11)17-14(28)13(27)9(7-25)30-17/h8-9,13-14,17,19,25,27-28H,3-7H2,1-2H3,(H2,18,20,26). The molecule has 1 saturated heterocycles. The fraction of sp³-hybridized carbons (Fsp3) is 0.706. The lowest BCUT2D eigenvalue weighted by atomic mass is 10.1. The number of nitrogens with one attached hydrogen (secondary N) is 1. The molecule has 1 amide bonds. The number of nitrogens with two attached hydrogens (primary N) is 1. The number of carbonyl (C=O) groups is 1. The molecule has 0 bridgehead atoms. The van der Waals surface area contributed by atoms with E-state index in [0.29, 0.717) is 6.54 Å². The first-order valence-corrected chi connectivity index (χ1v) is 9.63. The number of aromatic nitrogens is 3. The molecule has 1 aromatic heterocycles. The molecule has 0 spiro atoms. The van der Waals surface area contributed by atoms with E-state index < -0.39 is 42.6 Å². The number of rotatable bonds is 8. The summed E-state index contributed by atoms with van der Waals surface area (Å²) in [5.74, 6) is -0.715. The van der Waals surface area contributed by atoms with Crippen LogP contribution < -0.4 is 16.6 Å². The van der Waals surface area contributed by atoms with Crippen molar-refractivity contribution in [2.24, 2.45) is 10.7 Å². The van der Waals surface area contributed by atoms with Gasteiger partial charge < -0.3 is 36.0 Å². The second-order valence-corrected chi connectivity index (χ2v) is 7.65. The molecule has 3 rings (SSSR count). The highest BCUT2D eigenvalue weighted by molar-refractivity contribution is 6.05. The quantitative estimate of drug-likeness (QED) is 0.211. The van der Waals surface area contributed by atoms with Crippen molar-refractivity contribution in [3.05, 3.63) is 16.0 Å². The first-order valence-electron chi connectivity index (χ1n) is 9.63. The third kappa shape index (κ3) is 4.82. The lowest BCUT2D eigenvalue weighted by Crippen LogP contribution is -2.39.